The molecule has 1 aliphatic heterocycles. The lowest BCUT2D eigenvalue weighted by molar-refractivity contribution is 0.0669. The minimum Gasteiger partial charge on any atom is -0.497 e. The van der Waals surface area contributed by atoms with Crippen LogP contribution in [0.5, 0.6) is 5.75 Å². The van der Waals surface area contributed by atoms with Crippen molar-refractivity contribution in [1.29, 1.82) is 0 Å². The van der Waals surface area contributed by atoms with Gasteiger partial charge in [-0.05, 0) is 44.5 Å². The monoisotopic (exact) mass is 280 g/mol. The number of likely N-dealkylation sites (tertiary alicyclic amines) is 1. The summed E-state index contributed by atoms with van der Waals surface area (Å²) in [5.74, 6) is 0.112. The SMILES string of the molecule is CNCC1CCCN(C(=O)c2ccc(OC)cc2F)C1. The summed E-state index contributed by atoms with van der Waals surface area (Å²) in [6.45, 7) is 2.27. The van der Waals surface area contributed by atoms with Gasteiger partial charge in [0, 0.05) is 19.2 Å². The van der Waals surface area contributed by atoms with E-state index in [4.69, 9.17) is 4.74 Å². The normalized spacial score (nSPS) is 18.9. The summed E-state index contributed by atoms with van der Waals surface area (Å²) in [6.07, 6.45) is 2.07. The van der Waals surface area contributed by atoms with Crippen LogP contribution >= 0.6 is 0 Å². The molecule has 1 fully saturated rings. The molecule has 0 bridgehead atoms. The predicted octanol–water partition coefficient (Wildman–Crippen LogP) is 1.91. The van der Waals surface area contributed by atoms with Gasteiger partial charge >= 0.3 is 0 Å². The van der Waals surface area contributed by atoms with E-state index in [1.807, 2.05) is 7.05 Å². The van der Waals surface area contributed by atoms with Crippen molar-refractivity contribution >= 4 is 5.91 Å². The highest BCUT2D eigenvalue weighted by Gasteiger charge is 2.25. The number of benzene rings is 1. The Balaban J connectivity index is 2.10. The van der Waals surface area contributed by atoms with Gasteiger partial charge in [0.2, 0.25) is 0 Å². The van der Waals surface area contributed by atoms with Gasteiger partial charge in [0.1, 0.15) is 11.6 Å². The summed E-state index contributed by atoms with van der Waals surface area (Å²) < 4.78 is 18.9. The summed E-state index contributed by atoms with van der Waals surface area (Å²) in [6, 6.07) is 4.37. The topological polar surface area (TPSA) is 41.6 Å². The van der Waals surface area contributed by atoms with Crippen molar-refractivity contribution < 1.29 is 13.9 Å². The van der Waals surface area contributed by atoms with E-state index >= 15 is 0 Å². The molecule has 0 aromatic heterocycles. The van der Waals surface area contributed by atoms with Gasteiger partial charge in [0.25, 0.3) is 5.91 Å². The fraction of sp³-hybridized carbons (Fsp3) is 0.533. The first-order valence-corrected chi connectivity index (χ1v) is 6.93. The molecule has 1 heterocycles. The van der Waals surface area contributed by atoms with Crippen LogP contribution in [-0.4, -0.2) is 44.6 Å². The molecule has 1 atom stereocenters. The smallest absolute Gasteiger partial charge is 0.256 e. The number of rotatable bonds is 4. The van der Waals surface area contributed by atoms with E-state index in [0.717, 1.165) is 19.4 Å². The second-order valence-corrected chi connectivity index (χ2v) is 5.16. The molecule has 1 N–H and O–H groups in total. The van der Waals surface area contributed by atoms with Gasteiger partial charge in [0.15, 0.2) is 0 Å². The lowest BCUT2D eigenvalue weighted by Crippen LogP contribution is -2.42. The van der Waals surface area contributed by atoms with Crippen molar-refractivity contribution in [2.75, 3.05) is 33.8 Å². The Morgan fingerprint density at radius 1 is 1.55 bits per heavy atom. The highest BCUT2D eigenvalue weighted by atomic mass is 19.1. The Labute approximate surface area is 118 Å². The third kappa shape index (κ3) is 3.28. The molecule has 0 saturated carbocycles. The van der Waals surface area contributed by atoms with Crippen LogP contribution < -0.4 is 10.1 Å². The maximum absolute atomic E-state index is 13.9. The number of methoxy groups -OCH3 is 1. The van der Waals surface area contributed by atoms with Gasteiger partial charge in [-0.2, -0.15) is 0 Å². The van der Waals surface area contributed by atoms with Gasteiger partial charge < -0.3 is 15.0 Å². The number of hydrogen-bond donors (Lipinski definition) is 1. The molecule has 110 valence electrons. The molecule has 0 aliphatic carbocycles. The third-order valence-corrected chi connectivity index (χ3v) is 3.71. The standard InChI is InChI=1S/C15H21FN2O2/c1-17-9-11-4-3-7-18(10-11)15(19)13-6-5-12(20-2)8-14(13)16/h5-6,8,11,17H,3-4,7,9-10H2,1-2H3. The average Bonchev–Trinajstić information content (AvgIpc) is 2.47. The number of carbonyl (C=O) groups is 1. The second kappa shape index (κ2) is 6.70. The lowest BCUT2D eigenvalue weighted by atomic mass is 9.97. The first kappa shape index (κ1) is 14.8. The first-order valence-electron chi connectivity index (χ1n) is 6.93. The Kier molecular flexibility index (Phi) is 4.95. The van der Waals surface area contributed by atoms with Crippen molar-refractivity contribution in [2.45, 2.75) is 12.8 Å². The zero-order chi connectivity index (χ0) is 14.5. The van der Waals surface area contributed by atoms with Crippen LogP contribution in [0.25, 0.3) is 0 Å². The Morgan fingerprint density at radius 2 is 2.35 bits per heavy atom. The van der Waals surface area contributed by atoms with Crippen LogP contribution in [0.15, 0.2) is 18.2 Å². The Hall–Kier alpha value is -1.62. The number of nitrogens with zero attached hydrogens (tertiary/aromatic N) is 1. The molecular weight excluding hydrogens is 259 g/mol. The quantitative estimate of drug-likeness (QED) is 0.916. The van der Waals surface area contributed by atoms with Crippen molar-refractivity contribution in [3.8, 4) is 5.75 Å². The molecule has 5 heteroatoms. The summed E-state index contributed by atoms with van der Waals surface area (Å²) in [7, 11) is 3.38. The van der Waals surface area contributed by atoms with Gasteiger partial charge in [-0.15, -0.1) is 0 Å². The molecule has 0 radical (unpaired) electrons. The summed E-state index contributed by atoms with van der Waals surface area (Å²) in [5, 5.41) is 3.13. The molecular formula is C15H21FN2O2. The van der Waals surface area contributed by atoms with Crippen LogP contribution in [0.3, 0.4) is 0 Å². The van der Waals surface area contributed by atoms with E-state index < -0.39 is 5.82 Å². The fourth-order valence-electron chi connectivity index (χ4n) is 2.67. The molecule has 2 rings (SSSR count). The largest absolute Gasteiger partial charge is 0.497 e. The van der Waals surface area contributed by atoms with Crippen molar-refractivity contribution in [3.05, 3.63) is 29.6 Å². The van der Waals surface area contributed by atoms with E-state index in [1.165, 1.54) is 19.2 Å². The molecule has 20 heavy (non-hydrogen) atoms. The van der Waals surface area contributed by atoms with Crippen LogP contribution in [0.2, 0.25) is 0 Å². The highest BCUT2D eigenvalue weighted by Crippen LogP contribution is 2.21. The zero-order valence-corrected chi connectivity index (χ0v) is 12.0. The highest BCUT2D eigenvalue weighted by molar-refractivity contribution is 5.94. The number of halogens is 1. The van der Waals surface area contributed by atoms with Crippen molar-refractivity contribution in [2.24, 2.45) is 5.92 Å². The lowest BCUT2D eigenvalue weighted by Gasteiger charge is -2.32. The average molecular weight is 280 g/mol. The van der Waals surface area contributed by atoms with E-state index in [0.29, 0.717) is 24.8 Å². The molecule has 4 nitrogen and oxygen atoms in total. The number of piperidine rings is 1. The number of nitrogens with one attached hydrogen (secondary N) is 1. The van der Waals surface area contributed by atoms with E-state index in [1.54, 1.807) is 11.0 Å². The number of ether oxygens (including phenoxy) is 1. The molecule has 1 aliphatic rings. The van der Waals surface area contributed by atoms with Crippen LogP contribution in [-0.2, 0) is 0 Å². The number of amides is 1. The van der Waals surface area contributed by atoms with Crippen molar-refractivity contribution in [3.63, 3.8) is 0 Å². The van der Waals surface area contributed by atoms with Gasteiger partial charge in [-0.1, -0.05) is 0 Å². The minimum atomic E-state index is -0.523. The third-order valence-electron chi connectivity index (χ3n) is 3.71. The first-order chi connectivity index (χ1) is 9.65. The predicted molar refractivity (Wildman–Crippen MR) is 75.5 cm³/mol. The number of hydrogen-bond acceptors (Lipinski definition) is 3. The second-order valence-electron chi connectivity index (χ2n) is 5.16. The van der Waals surface area contributed by atoms with Gasteiger partial charge in [-0.3, -0.25) is 4.79 Å². The molecule has 0 spiro atoms. The van der Waals surface area contributed by atoms with Crippen LogP contribution in [0.1, 0.15) is 23.2 Å². The van der Waals surface area contributed by atoms with E-state index in [9.17, 15) is 9.18 Å². The van der Waals surface area contributed by atoms with Gasteiger partial charge in [0.05, 0.1) is 12.7 Å². The summed E-state index contributed by atoms with van der Waals surface area (Å²) in [4.78, 5) is 14.1. The maximum Gasteiger partial charge on any atom is 0.256 e. The van der Waals surface area contributed by atoms with Crippen molar-refractivity contribution in [1.82, 2.24) is 10.2 Å². The van der Waals surface area contributed by atoms with Crippen LogP contribution in [0, 0.1) is 11.7 Å². The summed E-state index contributed by atoms with van der Waals surface area (Å²) in [5.41, 5.74) is 0.121. The molecule has 1 aromatic rings. The molecule has 1 unspecified atom stereocenters. The molecule has 1 amide bonds. The fourth-order valence-corrected chi connectivity index (χ4v) is 2.67. The molecule has 1 aromatic carbocycles. The van der Waals surface area contributed by atoms with E-state index in [-0.39, 0.29) is 11.5 Å². The van der Waals surface area contributed by atoms with E-state index in [2.05, 4.69) is 5.32 Å². The Bertz CT molecular complexity index is 477. The van der Waals surface area contributed by atoms with Crippen LogP contribution in [0.4, 0.5) is 4.39 Å². The Morgan fingerprint density at radius 3 is 3.00 bits per heavy atom. The summed E-state index contributed by atoms with van der Waals surface area (Å²) >= 11 is 0. The maximum atomic E-state index is 13.9. The van der Waals surface area contributed by atoms with Gasteiger partial charge in [-0.25, -0.2) is 4.39 Å². The zero-order valence-electron chi connectivity index (χ0n) is 12.0. The minimum absolute atomic E-state index is 0.121. The molecule has 1 saturated heterocycles. The number of carbonyl (C=O) groups excluding carboxylic acids is 1.